The van der Waals surface area contributed by atoms with Gasteiger partial charge in [0, 0.05) is 6.04 Å². The molecule has 0 spiro atoms. The van der Waals surface area contributed by atoms with E-state index >= 15 is 0 Å². The van der Waals surface area contributed by atoms with Gasteiger partial charge in [0.05, 0.1) is 6.61 Å². The lowest BCUT2D eigenvalue weighted by atomic mass is 10.3. The van der Waals surface area contributed by atoms with Crippen molar-refractivity contribution in [2.75, 3.05) is 13.2 Å². The zero-order chi connectivity index (χ0) is 13.7. The van der Waals surface area contributed by atoms with E-state index < -0.39 is 11.9 Å². The lowest BCUT2D eigenvalue weighted by Gasteiger charge is -2.17. The quantitative estimate of drug-likeness (QED) is 0.766. The number of hydrogen-bond acceptors (Lipinski definition) is 4. The fraction of sp³-hybridized carbons (Fsp3) is 0.500. The Balaban J connectivity index is 1.91. The molecule has 0 bridgehead atoms. The Morgan fingerprint density at radius 1 is 1.47 bits per heavy atom. The van der Waals surface area contributed by atoms with Crippen molar-refractivity contribution < 1.29 is 18.7 Å². The van der Waals surface area contributed by atoms with Crippen LogP contribution in [0.4, 0.5) is 4.39 Å². The summed E-state index contributed by atoms with van der Waals surface area (Å²) >= 11 is 0. The zero-order valence-electron chi connectivity index (χ0n) is 10.9. The van der Waals surface area contributed by atoms with Gasteiger partial charge in [-0.1, -0.05) is 12.1 Å². The van der Waals surface area contributed by atoms with E-state index in [4.69, 9.17) is 9.47 Å². The van der Waals surface area contributed by atoms with Gasteiger partial charge in [0.15, 0.2) is 11.6 Å². The maximum absolute atomic E-state index is 13.4. The van der Waals surface area contributed by atoms with E-state index in [0.717, 1.165) is 12.8 Å². The Morgan fingerprint density at radius 3 is 2.84 bits per heavy atom. The Kier molecular flexibility index (Phi) is 4.74. The third kappa shape index (κ3) is 4.21. The highest BCUT2D eigenvalue weighted by Gasteiger charge is 2.29. The normalized spacial score (nSPS) is 15.9. The summed E-state index contributed by atoms with van der Waals surface area (Å²) in [5.41, 5.74) is 0. The lowest BCUT2D eigenvalue weighted by Crippen LogP contribution is -2.43. The molecule has 1 unspecified atom stereocenters. The highest BCUT2D eigenvalue weighted by atomic mass is 19.1. The number of benzene rings is 1. The third-order valence-electron chi connectivity index (χ3n) is 2.83. The van der Waals surface area contributed by atoms with E-state index in [9.17, 15) is 9.18 Å². The van der Waals surface area contributed by atoms with E-state index in [1.807, 2.05) is 0 Å². The largest absolute Gasteiger partial charge is 0.488 e. The molecule has 1 aliphatic carbocycles. The zero-order valence-corrected chi connectivity index (χ0v) is 10.9. The number of carbonyl (C=O) groups is 1. The van der Waals surface area contributed by atoms with Crippen molar-refractivity contribution in [2.24, 2.45) is 0 Å². The van der Waals surface area contributed by atoms with Crippen LogP contribution in [-0.2, 0) is 9.53 Å². The summed E-state index contributed by atoms with van der Waals surface area (Å²) in [6.45, 7) is 2.14. The van der Waals surface area contributed by atoms with Gasteiger partial charge in [0.2, 0.25) is 0 Å². The third-order valence-corrected chi connectivity index (χ3v) is 2.83. The van der Waals surface area contributed by atoms with Gasteiger partial charge in [-0.15, -0.1) is 0 Å². The number of halogens is 1. The minimum absolute atomic E-state index is 0.0657. The summed E-state index contributed by atoms with van der Waals surface area (Å²) in [5.74, 6) is -0.642. The number of rotatable bonds is 7. The second-order valence-electron chi connectivity index (χ2n) is 4.49. The molecule has 1 aromatic rings. The van der Waals surface area contributed by atoms with Gasteiger partial charge in [0.25, 0.3) is 0 Å². The topological polar surface area (TPSA) is 47.6 Å². The molecule has 0 saturated heterocycles. The molecule has 1 atom stereocenters. The molecule has 2 rings (SSSR count). The van der Waals surface area contributed by atoms with Crippen molar-refractivity contribution in [2.45, 2.75) is 31.8 Å². The van der Waals surface area contributed by atoms with Crippen LogP contribution in [0.3, 0.4) is 0 Å². The Bertz CT molecular complexity index is 434. The van der Waals surface area contributed by atoms with Crippen LogP contribution in [0, 0.1) is 5.82 Å². The highest BCUT2D eigenvalue weighted by Crippen LogP contribution is 2.20. The molecule has 19 heavy (non-hydrogen) atoms. The molecule has 1 N–H and O–H groups in total. The van der Waals surface area contributed by atoms with Crippen molar-refractivity contribution in [3.63, 3.8) is 0 Å². The fourth-order valence-corrected chi connectivity index (χ4v) is 1.70. The molecular weight excluding hydrogens is 249 g/mol. The molecule has 1 aliphatic rings. The van der Waals surface area contributed by atoms with E-state index in [0.29, 0.717) is 12.6 Å². The van der Waals surface area contributed by atoms with Crippen LogP contribution >= 0.6 is 0 Å². The predicted molar refractivity (Wildman–Crippen MR) is 68.5 cm³/mol. The average Bonchev–Trinajstić information content (AvgIpc) is 3.20. The summed E-state index contributed by atoms with van der Waals surface area (Å²) in [7, 11) is 0. The van der Waals surface area contributed by atoms with Gasteiger partial charge in [0.1, 0.15) is 12.6 Å². The van der Waals surface area contributed by atoms with Crippen molar-refractivity contribution in [1.82, 2.24) is 5.32 Å². The first kappa shape index (κ1) is 13.8. The predicted octanol–water partition coefficient (Wildman–Crippen LogP) is 1.89. The number of ether oxygens (including phenoxy) is 2. The number of para-hydroxylation sites is 1. The number of nitrogens with one attached hydrogen (secondary N) is 1. The average molecular weight is 267 g/mol. The molecule has 5 heteroatoms. The van der Waals surface area contributed by atoms with E-state index in [-0.39, 0.29) is 18.3 Å². The number of hydrogen-bond donors (Lipinski definition) is 1. The summed E-state index contributed by atoms with van der Waals surface area (Å²) < 4.78 is 23.7. The molecule has 0 amide bonds. The highest BCUT2D eigenvalue weighted by molar-refractivity contribution is 5.76. The van der Waals surface area contributed by atoms with E-state index in [2.05, 4.69) is 5.32 Å². The van der Waals surface area contributed by atoms with Crippen molar-refractivity contribution in [1.29, 1.82) is 0 Å². The molecule has 1 saturated carbocycles. The number of carbonyl (C=O) groups excluding carboxylic acids is 1. The Morgan fingerprint density at radius 2 is 2.21 bits per heavy atom. The summed E-state index contributed by atoms with van der Waals surface area (Å²) in [5, 5.41) is 3.14. The van der Waals surface area contributed by atoms with Crippen molar-refractivity contribution >= 4 is 5.97 Å². The SMILES string of the molecule is CCOC(=O)C(COc1ccccc1F)NC1CC1. The van der Waals surface area contributed by atoms with Crippen LogP contribution in [0.25, 0.3) is 0 Å². The molecule has 0 aromatic heterocycles. The van der Waals surface area contributed by atoms with Gasteiger partial charge in [-0.3, -0.25) is 10.1 Å². The molecule has 0 aliphatic heterocycles. The standard InChI is InChI=1S/C14H18FNO3/c1-2-18-14(17)12(16-10-7-8-10)9-19-13-6-4-3-5-11(13)15/h3-6,10,12,16H,2,7-9H2,1H3. The Labute approximate surface area is 111 Å². The minimum atomic E-state index is -0.549. The fourth-order valence-electron chi connectivity index (χ4n) is 1.70. The van der Waals surface area contributed by atoms with Gasteiger partial charge in [-0.05, 0) is 31.9 Å². The van der Waals surface area contributed by atoms with Crippen molar-refractivity contribution in [3.05, 3.63) is 30.1 Å². The molecule has 4 nitrogen and oxygen atoms in total. The lowest BCUT2D eigenvalue weighted by molar-refractivity contribution is -0.146. The van der Waals surface area contributed by atoms with Crippen LogP contribution in [-0.4, -0.2) is 31.3 Å². The van der Waals surface area contributed by atoms with Crippen molar-refractivity contribution in [3.8, 4) is 5.75 Å². The summed E-state index contributed by atoms with van der Waals surface area (Å²) in [4.78, 5) is 11.8. The second kappa shape index (κ2) is 6.52. The summed E-state index contributed by atoms with van der Waals surface area (Å²) in [6.07, 6.45) is 2.10. The van der Waals surface area contributed by atoms with Crippen LogP contribution in [0.15, 0.2) is 24.3 Å². The van der Waals surface area contributed by atoms with Crippen LogP contribution < -0.4 is 10.1 Å². The smallest absolute Gasteiger partial charge is 0.326 e. The number of esters is 1. The first-order valence-corrected chi connectivity index (χ1v) is 6.50. The first-order valence-electron chi connectivity index (χ1n) is 6.50. The van der Waals surface area contributed by atoms with Gasteiger partial charge in [-0.25, -0.2) is 4.39 Å². The summed E-state index contributed by atoms with van der Waals surface area (Å²) in [6, 6.07) is 5.93. The van der Waals surface area contributed by atoms with Gasteiger partial charge in [-0.2, -0.15) is 0 Å². The molecular formula is C14H18FNO3. The van der Waals surface area contributed by atoms with Gasteiger partial charge < -0.3 is 9.47 Å². The van der Waals surface area contributed by atoms with E-state index in [1.54, 1.807) is 19.1 Å². The Hall–Kier alpha value is -1.62. The molecule has 0 radical (unpaired) electrons. The molecule has 1 fully saturated rings. The molecule has 0 heterocycles. The van der Waals surface area contributed by atoms with E-state index in [1.165, 1.54) is 12.1 Å². The van der Waals surface area contributed by atoms with Gasteiger partial charge >= 0.3 is 5.97 Å². The minimum Gasteiger partial charge on any atom is -0.488 e. The van der Waals surface area contributed by atoms with Crippen LogP contribution in [0.1, 0.15) is 19.8 Å². The van der Waals surface area contributed by atoms with Crippen LogP contribution in [0.5, 0.6) is 5.75 Å². The monoisotopic (exact) mass is 267 g/mol. The first-order chi connectivity index (χ1) is 9.20. The molecule has 104 valence electrons. The molecule has 1 aromatic carbocycles. The second-order valence-corrected chi connectivity index (χ2v) is 4.49. The maximum atomic E-state index is 13.4. The maximum Gasteiger partial charge on any atom is 0.326 e. The van der Waals surface area contributed by atoms with Crippen LogP contribution in [0.2, 0.25) is 0 Å².